The fraction of sp³-hybridized carbons (Fsp3) is 0.179. The summed E-state index contributed by atoms with van der Waals surface area (Å²) in [5, 5.41) is 9.47. The Balaban J connectivity index is 2.22. The molecule has 172 valence electrons. The SMILES string of the molecule is C=C/C=C(\C=C(/C)C(=O)OCC)c1cn(Cc2ccccc2C#N)c(=O)n1-c1ccc(C)cc1. The minimum absolute atomic E-state index is 0.233. The number of esters is 1. The van der Waals surface area contributed by atoms with Crippen LogP contribution in [0.25, 0.3) is 11.3 Å². The van der Waals surface area contributed by atoms with E-state index in [1.807, 2.05) is 43.3 Å². The van der Waals surface area contributed by atoms with Gasteiger partial charge in [-0.25, -0.2) is 9.59 Å². The zero-order valence-corrected chi connectivity index (χ0v) is 19.6. The number of rotatable bonds is 8. The van der Waals surface area contributed by atoms with Crippen molar-refractivity contribution < 1.29 is 9.53 Å². The average molecular weight is 454 g/mol. The van der Waals surface area contributed by atoms with Crippen LogP contribution in [0.2, 0.25) is 0 Å². The van der Waals surface area contributed by atoms with Gasteiger partial charge in [-0.15, -0.1) is 0 Å². The van der Waals surface area contributed by atoms with E-state index >= 15 is 0 Å². The number of allylic oxidation sites excluding steroid dienone is 4. The molecule has 6 nitrogen and oxygen atoms in total. The molecule has 2 aromatic carbocycles. The van der Waals surface area contributed by atoms with Gasteiger partial charge in [0.25, 0.3) is 0 Å². The fourth-order valence-electron chi connectivity index (χ4n) is 3.57. The first-order valence-corrected chi connectivity index (χ1v) is 10.9. The first-order chi connectivity index (χ1) is 16.4. The highest BCUT2D eigenvalue weighted by Gasteiger charge is 2.18. The largest absolute Gasteiger partial charge is 0.463 e. The molecule has 0 spiro atoms. The van der Waals surface area contributed by atoms with Crippen molar-refractivity contribution in [1.29, 1.82) is 5.26 Å². The molecule has 0 aliphatic heterocycles. The summed E-state index contributed by atoms with van der Waals surface area (Å²) in [5.74, 6) is -0.427. The van der Waals surface area contributed by atoms with E-state index in [0.29, 0.717) is 28.1 Å². The summed E-state index contributed by atoms with van der Waals surface area (Å²) in [7, 11) is 0. The number of nitrogens with zero attached hydrogens (tertiary/aromatic N) is 3. The van der Waals surface area contributed by atoms with Gasteiger partial charge in [0.1, 0.15) is 0 Å². The third-order valence-corrected chi connectivity index (χ3v) is 5.29. The van der Waals surface area contributed by atoms with Gasteiger partial charge in [-0.1, -0.05) is 54.6 Å². The van der Waals surface area contributed by atoms with Gasteiger partial charge >= 0.3 is 11.7 Å². The second-order valence-electron chi connectivity index (χ2n) is 7.77. The molecule has 0 aliphatic rings. The van der Waals surface area contributed by atoms with E-state index in [1.165, 1.54) is 0 Å². The molecule has 1 heterocycles. The molecule has 0 fully saturated rings. The average Bonchev–Trinajstić information content (AvgIpc) is 3.15. The van der Waals surface area contributed by atoms with Crippen molar-refractivity contribution in [2.75, 3.05) is 6.61 Å². The summed E-state index contributed by atoms with van der Waals surface area (Å²) in [6.07, 6.45) is 6.78. The number of imidazole rings is 1. The van der Waals surface area contributed by atoms with Crippen LogP contribution in [0.1, 0.15) is 36.2 Å². The summed E-state index contributed by atoms with van der Waals surface area (Å²) in [6.45, 7) is 9.70. The summed E-state index contributed by atoms with van der Waals surface area (Å²) in [6, 6.07) is 17.0. The number of hydrogen-bond acceptors (Lipinski definition) is 4. The topological polar surface area (TPSA) is 77.0 Å². The van der Waals surface area contributed by atoms with Gasteiger partial charge < -0.3 is 4.74 Å². The molecule has 34 heavy (non-hydrogen) atoms. The predicted molar refractivity (Wildman–Crippen MR) is 134 cm³/mol. The minimum Gasteiger partial charge on any atom is -0.463 e. The molecular weight excluding hydrogens is 426 g/mol. The third-order valence-electron chi connectivity index (χ3n) is 5.29. The normalized spacial score (nSPS) is 11.7. The molecule has 0 atom stereocenters. The molecule has 0 N–H and O–H groups in total. The predicted octanol–water partition coefficient (Wildman–Crippen LogP) is 4.95. The van der Waals surface area contributed by atoms with Crippen LogP contribution in [0.3, 0.4) is 0 Å². The van der Waals surface area contributed by atoms with Gasteiger partial charge in [0, 0.05) is 17.3 Å². The zero-order chi connectivity index (χ0) is 24.7. The maximum absolute atomic E-state index is 13.6. The highest BCUT2D eigenvalue weighted by atomic mass is 16.5. The number of hydrogen-bond donors (Lipinski definition) is 0. The van der Waals surface area contributed by atoms with E-state index in [-0.39, 0.29) is 18.8 Å². The van der Waals surface area contributed by atoms with Gasteiger partial charge in [0.2, 0.25) is 0 Å². The Labute approximate surface area is 199 Å². The first-order valence-electron chi connectivity index (χ1n) is 10.9. The number of ether oxygens (including phenoxy) is 1. The molecule has 1 aromatic heterocycles. The minimum atomic E-state index is -0.427. The van der Waals surface area contributed by atoms with Gasteiger partial charge in [0.15, 0.2) is 0 Å². The maximum Gasteiger partial charge on any atom is 0.333 e. The molecule has 3 rings (SSSR count). The van der Waals surface area contributed by atoms with Crippen LogP contribution in [-0.2, 0) is 16.1 Å². The van der Waals surface area contributed by atoms with E-state index in [1.54, 1.807) is 59.5 Å². The van der Waals surface area contributed by atoms with E-state index < -0.39 is 5.97 Å². The highest BCUT2D eigenvalue weighted by Crippen LogP contribution is 2.22. The lowest BCUT2D eigenvalue weighted by molar-refractivity contribution is -0.138. The number of carbonyl (C=O) groups is 1. The van der Waals surface area contributed by atoms with Crippen LogP contribution in [-0.4, -0.2) is 21.7 Å². The molecule has 3 aromatic rings. The van der Waals surface area contributed by atoms with Crippen LogP contribution in [0.4, 0.5) is 0 Å². The van der Waals surface area contributed by atoms with Crippen molar-refractivity contribution in [3.63, 3.8) is 0 Å². The summed E-state index contributed by atoms with van der Waals surface area (Å²) in [4.78, 5) is 25.8. The van der Waals surface area contributed by atoms with Gasteiger partial charge in [0.05, 0.1) is 36.2 Å². The Kier molecular flexibility index (Phi) is 7.83. The number of aryl methyl sites for hydroxylation is 1. The number of aromatic nitrogens is 2. The van der Waals surface area contributed by atoms with E-state index in [9.17, 15) is 14.9 Å². The van der Waals surface area contributed by atoms with Crippen LogP contribution in [0, 0.1) is 18.3 Å². The van der Waals surface area contributed by atoms with Crippen molar-refractivity contribution in [2.24, 2.45) is 0 Å². The Morgan fingerprint density at radius 1 is 1.18 bits per heavy atom. The second-order valence-corrected chi connectivity index (χ2v) is 7.77. The van der Waals surface area contributed by atoms with Crippen LogP contribution >= 0.6 is 0 Å². The molecule has 0 unspecified atom stereocenters. The summed E-state index contributed by atoms with van der Waals surface area (Å²) >= 11 is 0. The maximum atomic E-state index is 13.6. The van der Waals surface area contributed by atoms with Crippen molar-refractivity contribution in [1.82, 2.24) is 9.13 Å². The van der Waals surface area contributed by atoms with Crippen molar-refractivity contribution >= 4 is 11.5 Å². The van der Waals surface area contributed by atoms with E-state index in [0.717, 1.165) is 11.1 Å². The highest BCUT2D eigenvalue weighted by molar-refractivity contribution is 5.92. The Morgan fingerprint density at radius 3 is 2.53 bits per heavy atom. The Hall–Kier alpha value is -4.37. The lowest BCUT2D eigenvalue weighted by atomic mass is 10.1. The monoisotopic (exact) mass is 453 g/mol. The summed E-state index contributed by atoms with van der Waals surface area (Å²) in [5.41, 5.74) is 4.38. The number of benzene rings is 2. The first kappa shape index (κ1) is 24.3. The Bertz CT molecular complexity index is 1360. The lowest BCUT2D eigenvalue weighted by Crippen LogP contribution is -2.24. The van der Waals surface area contributed by atoms with E-state index in [4.69, 9.17) is 4.74 Å². The molecular formula is C28H27N3O3. The molecule has 0 radical (unpaired) electrons. The number of nitriles is 1. The van der Waals surface area contributed by atoms with Crippen molar-refractivity contribution in [2.45, 2.75) is 27.3 Å². The van der Waals surface area contributed by atoms with Gasteiger partial charge in [-0.2, -0.15) is 5.26 Å². The van der Waals surface area contributed by atoms with Crippen molar-refractivity contribution in [3.8, 4) is 11.8 Å². The van der Waals surface area contributed by atoms with E-state index in [2.05, 4.69) is 12.6 Å². The smallest absolute Gasteiger partial charge is 0.333 e. The molecule has 0 aliphatic carbocycles. The molecule has 6 heteroatoms. The molecule has 0 bridgehead atoms. The van der Waals surface area contributed by atoms with Crippen LogP contribution < -0.4 is 5.69 Å². The Morgan fingerprint density at radius 2 is 1.88 bits per heavy atom. The van der Waals surface area contributed by atoms with Crippen LogP contribution in [0.15, 0.2) is 89.9 Å². The van der Waals surface area contributed by atoms with Crippen molar-refractivity contribution in [3.05, 3.63) is 118 Å². The fourth-order valence-corrected chi connectivity index (χ4v) is 3.57. The zero-order valence-electron chi connectivity index (χ0n) is 19.6. The van der Waals surface area contributed by atoms with Gasteiger partial charge in [-0.3, -0.25) is 9.13 Å². The van der Waals surface area contributed by atoms with Crippen LogP contribution in [0.5, 0.6) is 0 Å². The quantitative estimate of drug-likeness (QED) is 0.275. The molecule has 0 saturated heterocycles. The third kappa shape index (κ3) is 5.33. The standard InChI is InChI=1S/C28H27N3O3/c1-5-9-22(16-21(4)27(32)34-6-2)26-19-30(18-24-11-8-7-10-23(24)17-29)28(33)31(26)25-14-12-20(3)13-15-25/h5,7-16,19H,1,6,18H2,2-4H3/b21-16+,22-9+. The molecule has 0 saturated carbocycles. The number of carbonyl (C=O) groups excluding carboxylic acids is 1. The lowest BCUT2D eigenvalue weighted by Gasteiger charge is -2.09. The van der Waals surface area contributed by atoms with Gasteiger partial charge in [-0.05, 0) is 50.6 Å². The summed E-state index contributed by atoms with van der Waals surface area (Å²) < 4.78 is 8.28. The molecule has 0 amide bonds. The second kappa shape index (κ2) is 11.0.